The zero-order chi connectivity index (χ0) is 9.43. The fourth-order valence-electron chi connectivity index (χ4n) is 2.52. The largest absolute Gasteiger partial charge is 0.366 e. The molecular formula is C8H6F4O. The average Bonchev–Trinajstić information content (AvgIpc) is 2.60. The van der Waals surface area contributed by atoms with Gasteiger partial charge in [-0.3, -0.25) is 0 Å². The van der Waals surface area contributed by atoms with Crippen molar-refractivity contribution in [3.63, 3.8) is 0 Å². The van der Waals surface area contributed by atoms with Gasteiger partial charge in [0.15, 0.2) is 0 Å². The smallest absolute Gasteiger partial charge is 0.316 e. The van der Waals surface area contributed by atoms with Gasteiger partial charge >= 0.3 is 11.8 Å². The molecule has 0 aromatic heterocycles. The van der Waals surface area contributed by atoms with E-state index in [0.29, 0.717) is 0 Å². The molecule has 0 unspecified atom stereocenters. The molecule has 0 spiro atoms. The zero-order valence-corrected chi connectivity index (χ0v) is 6.38. The van der Waals surface area contributed by atoms with Crippen molar-refractivity contribution >= 4 is 0 Å². The number of hydrogen-bond acceptors (Lipinski definition) is 1. The first-order valence-electron chi connectivity index (χ1n) is 4.05. The summed E-state index contributed by atoms with van der Waals surface area (Å²) in [5.41, 5.74) is 0. The molecule has 0 radical (unpaired) electrons. The van der Waals surface area contributed by atoms with Crippen LogP contribution in [0, 0.1) is 11.8 Å². The lowest BCUT2D eigenvalue weighted by Gasteiger charge is -2.49. The molecule has 3 rings (SSSR count). The normalized spacial score (nSPS) is 53.2. The number of alkyl halides is 4. The van der Waals surface area contributed by atoms with Crippen LogP contribution in [-0.2, 0) is 4.74 Å². The highest BCUT2D eigenvalue weighted by molar-refractivity contribution is 5.28. The van der Waals surface area contributed by atoms with Crippen molar-refractivity contribution in [1.82, 2.24) is 0 Å². The Bertz CT molecular complexity index is 271. The van der Waals surface area contributed by atoms with E-state index in [1.165, 1.54) is 12.2 Å². The molecule has 1 nitrogen and oxygen atoms in total. The van der Waals surface area contributed by atoms with Gasteiger partial charge in [-0.15, -0.1) is 0 Å². The SMILES string of the molecule is FC1(F)[C@H]2[C@@H]([C@H]3C=C[C@H]2O3)C1(F)F. The van der Waals surface area contributed by atoms with Gasteiger partial charge in [0.05, 0.1) is 24.0 Å². The number of rotatable bonds is 0. The van der Waals surface area contributed by atoms with Gasteiger partial charge in [-0.05, 0) is 0 Å². The average molecular weight is 194 g/mol. The Balaban J connectivity index is 2.04. The van der Waals surface area contributed by atoms with Crippen LogP contribution < -0.4 is 0 Å². The number of fused-ring (bicyclic) bond motifs is 5. The van der Waals surface area contributed by atoms with E-state index < -0.39 is 35.9 Å². The maximum absolute atomic E-state index is 12.9. The molecule has 0 aromatic rings. The number of halogens is 4. The zero-order valence-electron chi connectivity index (χ0n) is 6.38. The summed E-state index contributed by atoms with van der Waals surface area (Å²) in [6, 6.07) is 0. The molecule has 72 valence electrons. The van der Waals surface area contributed by atoms with Crippen LogP contribution in [0.2, 0.25) is 0 Å². The third-order valence-corrected chi connectivity index (χ3v) is 3.18. The van der Waals surface area contributed by atoms with E-state index in [-0.39, 0.29) is 0 Å². The predicted molar refractivity (Wildman–Crippen MR) is 34.7 cm³/mol. The Kier molecular flexibility index (Phi) is 1.06. The van der Waals surface area contributed by atoms with E-state index in [0.717, 1.165) is 0 Å². The third kappa shape index (κ3) is 0.591. The molecular weight excluding hydrogens is 188 g/mol. The first kappa shape index (κ1) is 7.79. The van der Waals surface area contributed by atoms with Gasteiger partial charge in [0.1, 0.15) is 0 Å². The van der Waals surface area contributed by atoms with Crippen molar-refractivity contribution in [3.05, 3.63) is 12.2 Å². The Morgan fingerprint density at radius 3 is 1.62 bits per heavy atom. The molecule has 1 aliphatic carbocycles. The topological polar surface area (TPSA) is 9.23 Å². The lowest BCUT2D eigenvalue weighted by Crippen LogP contribution is -2.69. The summed E-state index contributed by atoms with van der Waals surface area (Å²) in [7, 11) is 0. The van der Waals surface area contributed by atoms with E-state index >= 15 is 0 Å². The van der Waals surface area contributed by atoms with Crippen molar-refractivity contribution < 1.29 is 22.3 Å². The van der Waals surface area contributed by atoms with E-state index in [1.807, 2.05) is 0 Å². The van der Waals surface area contributed by atoms with Crippen molar-refractivity contribution in [2.24, 2.45) is 11.8 Å². The minimum atomic E-state index is -3.89. The molecule has 3 aliphatic rings. The molecule has 0 amide bonds. The lowest BCUT2D eigenvalue weighted by atomic mass is 9.61. The molecule has 13 heavy (non-hydrogen) atoms. The molecule has 0 N–H and O–H groups in total. The first-order valence-corrected chi connectivity index (χ1v) is 4.05. The summed E-state index contributed by atoms with van der Waals surface area (Å²) in [4.78, 5) is 0. The van der Waals surface area contributed by atoms with Crippen LogP contribution in [0.3, 0.4) is 0 Å². The van der Waals surface area contributed by atoms with Crippen LogP contribution in [0.15, 0.2) is 12.2 Å². The van der Waals surface area contributed by atoms with Crippen molar-refractivity contribution in [2.45, 2.75) is 24.1 Å². The fraction of sp³-hybridized carbons (Fsp3) is 0.750. The molecule has 5 heteroatoms. The summed E-state index contributed by atoms with van der Waals surface area (Å²) >= 11 is 0. The van der Waals surface area contributed by atoms with Crippen molar-refractivity contribution in [3.8, 4) is 0 Å². The quantitative estimate of drug-likeness (QED) is 0.422. The Hall–Kier alpha value is -0.580. The van der Waals surface area contributed by atoms with E-state index in [9.17, 15) is 17.6 Å². The highest BCUT2D eigenvalue weighted by Gasteiger charge is 2.84. The lowest BCUT2D eigenvalue weighted by molar-refractivity contribution is -0.346. The molecule has 2 heterocycles. The predicted octanol–water partition coefficient (Wildman–Crippen LogP) is 1.84. The van der Waals surface area contributed by atoms with Gasteiger partial charge in [0, 0.05) is 0 Å². The van der Waals surface area contributed by atoms with Crippen LogP contribution in [0.1, 0.15) is 0 Å². The third-order valence-electron chi connectivity index (χ3n) is 3.18. The molecule has 2 bridgehead atoms. The van der Waals surface area contributed by atoms with E-state index in [4.69, 9.17) is 4.74 Å². The fourth-order valence-corrected chi connectivity index (χ4v) is 2.52. The van der Waals surface area contributed by atoms with Crippen molar-refractivity contribution in [1.29, 1.82) is 0 Å². The van der Waals surface area contributed by atoms with E-state index in [2.05, 4.69) is 0 Å². The van der Waals surface area contributed by atoms with Gasteiger partial charge in [-0.1, -0.05) is 12.2 Å². The maximum Gasteiger partial charge on any atom is 0.316 e. The minimum absolute atomic E-state index is 0.801. The summed E-state index contributed by atoms with van der Waals surface area (Å²) in [6.07, 6.45) is 1.30. The first-order chi connectivity index (χ1) is 5.96. The summed E-state index contributed by atoms with van der Waals surface area (Å²) in [5.74, 6) is -10.4. The molecule has 2 aliphatic heterocycles. The molecule has 4 atom stereocenters. The highest BCUT2D eigenvalue weighted by Crippen LogP contribution is 2.67. The standard InChI is InChI=1S/C8H6F4O/c9-7(10)5-3-1-2-4(13-3)6(5)8(7,11)12/h1-6H/t3-,4-,5-,6-/m1/s1. The second kappa shape index (κ2) is 1.78. The summed E-state index contributed by atoms with van der Waals surface area (Å²) in [5, 5.41) is 0. The van der Waals surface area contributed by atoms with Crippen molar-refractivity contribution in [2.75, 3.05) is 0 Å². The number of hydrogen-bond donors (Lipinski definition) is 0. The van der Waals surface area contributed by atoms with Gasteiger partial charge in [-0.2, -0.15) is 17.6 Å². The van der Waals surface area contributed by atoms with Gasteiger partial charge in [0.25, 0.3) is 0 Å². The maximum atomic E-state index is 12.9. The Morgan fingerprint density at radius 2 is 1.23 bits per heavy atom. The molecule has 1 saturated carbocycles. The Labute approximate surface area is 71.4 Å². The summed E-state index contributed by atoms with van der Waals surface area (Å²) in [6.45, 7) is 0. The number of ether oxygens (including phenoxy) is 1. The van der Waals surface area contributed by atoms with E-state index in [1.54, 1.807) is 0 Å². The highest BCUT2D eigenvalue weighted by atomic mass is 19.3. The van der Waals surface area contributed by atoms with Crippen LogP contribution in [0.25, 0.3) is 0 Å². The van der Waals surface area contributed by atoms with Gasteiger partial charge < -0.3 is 4.74 Å². The van der Waals surface area contributed by atoms with Crippen LogP contribution in [-0.4, -0.2) is 24.1 Å². The van der Waals surface area contributed by atoms with Gasteiger partial charge in [-0.25, -0.2) is 0 Å². The Morgan fingerprint density at radius 1 is 0.846 bits per heavy atom. The molecule has 0 aromatic carbocycles. The van der Waals surface area contributed by atoms with Crippen LogP contribution >= 0.6 is 0 Å². The minimum Gasteiger partial charge on any atom is -0.366 e. The van der Waals surface area contributed by atoms with Gasteiger partial charge in [0.2, 0.25) is 0 Å². The molecule has 1 saturated heterocycles. The summed E-state index contributed by atoms with van der Waals surface area (Å²) < 4.78 is 56.4. The van der Waals surface area contributed by atoms with Crippen LogP contribution in [0.4, 0.5) is 17.6 Å². The molecule has 2 fully saturated rings. The monoisotopic (exact) mass is 194 g/mol. The second-order valence-electron chi connectivity index (χ2n) is 3.75. The second-order valence-corrected chi connectivity index (χ2v) is 3.75. The van der Waals surface area contributed by atoms with Crippen LogP contribution in [0.5, 0.6) is 0 Å².